The molecule has 0 saturated carbocycles. The van der Waals surface area contributed by atoms with Crippen molar-refractivity contribution in [1.82, 2.24) is 14.3 Å². The minimum atomic E-state index is -0.408. The Morgan fingerprint density at radius 2 is 2.14 bits per heavy atom. The highest BCUT2D eigenvalue weighted by Gasteiger charge is 2.16. The van der Waals surface area contributed by atoms with E-state index in [1.54, 1.807) is 14.0 Å². The molecule has 0 fully saturated rings. The molecule has 2 aromatic heterocycles. The second-order valence-corrected chi connectivity index (χ2v) is 4.52. The number of imidazole rings is 1. The van der Waals surface area contributed by atoms with E-state index in [9.17, 15) is 14.0 Å². The third-order valence-corrected chi connectivity index (χ3v) is 2.94. The van der Waals surface area contributed by atoms with Gasteiger partial charge in [0, 0.05) is 26.0 Å². The second kappa shape index (κ2) is 6.34. The minimum Gasteiger partial charge on any atom is -0.466 e. The quantitative estimate of drug-likeness (QED) is 0.784. The van der Waals surface area contributed by atoms with Gasteiger partial charge in [0.05, 0.1) is 13.0 Å². The van der Waals surface area contributed by atoms with Gasteiger partial charge < -0.3 is 14.0 Å². The Hall–Kier alpha value is -2.44. The van der Waals surface area contributed by atoms with Gasteiger partial charge in [-0.3, -0.25) is 9.59 Å². The van der Waals surface area contributed by atoms with Gasteiger partial charge in [-0.15, -0.1) is 0 Å². The van der Waals surface area contributed by atoms with Crippen molar-refractivity contribution in [2.24, 2.45) is 0 Å². The normalized spacial score (nSPS) is 10.6. The molecule has 0 aliphatic rings. The van der Waals surface area contributed by atoms with Crippen molar-refractivity contribution in [1.29, 1.82) is 0 Å². The largest absolute Gasteiger partial charge is 0.466 e. The van der Waals surface area contributed by atoms with Crippen molar-refractivity contribution in [3.63, 3.8) is 0 Å². The fourth-order valence-electron chi connectivity index (χ4n) is 1.86. The van der Waals surface area contributed by atoms with Gasteiger partial charge in [0.25, 0.3) is 5.91 Å². The Morgan fingerprint density at radius 3 is 2.86 bits per heavy atom. The van der Waals surface area contributed by atoms with Crippen LogP contribution in [0.4, 0.5) is 4.39 Å². The third-order valence-electron chi connectivity index (χ3n) is 2.94. The van der Waals surface area contributed by atoms with E-state index in [-0.39, 0.29) is 30.5 Å². The molecule has 0 aromatic carbocycles. The van der Waals surface area contributed by atoms with Crippen LogP contribution in [-0.2, 0) is 9.53 Å². The van der Waals surface area contributed by atoms with Crippen LogP contribution in [0.15, 0.2) is 24.5 Å². The van der Waals surface area contributed by atoms with Crippen molar-refractivity contribution in [2.75, 3.05) is 20.2 Å². The molecule has 0 aliphatic carbocycles. The molecule has 2 rings (SSSR count). The lowest BCUT2D eigenvalue weighted by molar-refractivity contribution is -0.143. The number of carbonyl (C=O) groups is 2. The lowest BCUT2D eigenvalue weighted by atomic mass is 10.3. The Balaban J connectivity index is 2.05. The molecule has 6 nitrogen and oxygen atoms in total. The topological polar surface area (TPSA) is 63.9 Å². The highest BCUT2D eigenvalue weighted by atomic mass is 19.1. The van der Waals surface area contributed by atoms with Crippen LogP contribution in [0.5, 0.6) is 0 Å². The molecule has 0 atom stereocenters. The van der Waals surface area contributed by atoms with Crippen molar-refractivity contribution in [3.8, 4) is 0 Å². The smallest absolute Gasteiger partial charge is 0.307 e. The molecule has 0 aliphatic heterocycles. The van der Waals surface area contributed by atoms with Crippen LogP contribution in [0.25, 0.3) is 5.65 Å². The summed E-state index contributed by atoms with van der Waals surface area (Å²) in [6.07, 6.45) is 2.83. The number of carbonyl (C=O) groups excluding carboxylic acids is 2. The lowest BCUT2D eigenvalue weighted by Crippen LogP contribution is -2.29. The molecule has 112 valence electrons. The van der Waals surface area contributed by atoms with Gasteiger partial charge in [-0.25, -0.2) is 9.37 Å². The summed E-state index contributed by atoms with van der Waals surface area (Å²) in [5.41, 5.74) is 0.686. The Kier molecular flexibility index (Phi) is 4.52. The van der Waals surface area contributed by atoms with E-state index in [1.165, 1.54) is 33.8 Å². The van der Waals surface area contributed by atoms with Gasteiger partial charge in [0.1, 0.15) is 17.2 Å². The zero-order chi connectivity index (χ0) is 15.4. The molecule has 0 radical (unpaired) electrons. The van der Waals surface area contributed by atoms with Crippen molar-refractivity contribution < 1.29 is 18.7 Å². The number of pyridine rings is 1. The summed E-state index contributed by atoms with van der Waals surface area (Å²) >= 11 is 0. The molecule has 21 heavy (non-hydrogen) atoms. The van der Waals surface area contributed by atoms with E-state index in [2.05, 4.69) is 4.98 Å². The predicted octanol–water partition coefficient (Wildman–Crippen LogP) is 1.50. The highest BCUT2D eigenvalue weighted by molar-refractivity contribution is 5.92. The number of halogens is 1. The Bertz CT molecular complexity index is 669. The van der Waals surface area contributed by atoms with E-state index in [0.717, 1.165) is 0 Å². The fraction of sp³-hybridized carbons (Fsp3) is 0.357. The highest BCUT2D eigenvalue weighted by Crippen LogP contribution is 2.09. The van der Waals surface area contributed by atoms with E-state index in [0.29, 0.717) is 12.3 Å². The summed E-state index contributed by atoms with van der Waals surface area (Å²) in [5, 5.41) is 0. The van der Waals surface area contributed by atoms with E-state index in [1.807, 2.05) is 0 Å². The maximum Gasteiger partial charge on any atom is 0.307 e. The standard InChI is InChI=1S/C14H16FN3O3/c1-3-21-13(19)6-7-17(2)14(20)11-9-18-8-10(15)4-5-12(18)16-11/h4-5,8-9H,3,6-7H2,1-2H3. The van der Waals surface area contributed by atoms with Gasteiger partial charge >= 0.3 is 5.97 Å². The van der Waals surface area contributed by atoms with E-state index in [4.69, 9.17) is 4.74 Å². The minimum absolute atomic E-state index is 0.123. The summed E-state index contributed by atoms with van der Waals surface area (Å²) < 4.78 is 19.3. The average Bonchev–Trinajstić information content (AvgIpc) is 2.87. The molecule has 0 N–H and O–H groups in total. The predicted molar refractivity (Wildman–Crippen MR) is 73.4 cm³/mol. The SMILES string of the molecule is CCOC(=O)CCN(C)C(=O)c1cn2cc(F)ccc2n1. The number of nitrogens with zero attached hydrogens (tertiary/aromatic N) is 3. The molecule has 0 saturated heterocycles. The molecular weight excluding hydrogens is 277 g/mol. The number of amides is 1. The summed E-state index contributed by atoms with van der Waals surface area (Å²) in [6, 6.07) is 2.77. The fourth-order valence-corrected chi connectivity index (χ4v) is 1.86. The van der Waals surface area contributed by atoms with Crippen molar-refractivity contribution >= 4 is 17.5 Å². The summed E-state index contributed by atoms with van der Waals surface area (Å²) in [7, 11) is 1.58. The van der Waals surface area contributed by atoms with Gasteiger partial charge in [-0.05, 0) is 19.1 Å². The second-order valence-electron chi connectivity index (χ2n) is 4.52. The zero-order valence-electron chi connectivity index (χ0n) is 11.9. The first kappa shape index (κ1) is 15.0. The van der Waals surface area contributed by atoms with Crippen molar-refractivity contribution in [3.05, 3.63) is 36.0 Å². The number of ether oxygens (including phenoxy) is 1. The maximum absolute atomic E-state index is 13.1. The molecule has 0 bridgehead atoms. The number of fused-ring (bicyclic) bond motifs is 1. The summed E-state index contributed by atoms with van der Waals surface area (Å²) in [5.74, 6) is -1.09. The molecule has 0 spiro atoms. The zero-order valence-corrected chi connectivity index (χ0v) is 11.9. The molecule has 0 unspecified atom stereocenters. The molecule has 2 aromatic rings. The first-order valence-corrected chi connectivity index (χ1v) is 6.56. The number of hydrogen-bond acceptors (Lipinski definition) is 4. The molecular formula is C14H16FN3O3. The molecule has 2 heterocycles. The third kappa shape index (κ3) is 3.56. The van der Waals surface area contributed by atoms with E-state index < -0.39 is 5.82 Å². The van der Waals surface area contributed by atoms with Crippen LogP contribution < -0.4 is 0 Å². The van der Waals surface area contributed by atoms with Gasteiger partial charge in [-0.1, -0.05) is 0 Å². The number of aromatic nitrogens is 2. The van der Waals surface area contributed by atoms with Gasteiger partial charge in [0.2, 0.25) is 0 Å². The Morgan fingerprint density at radius 1 is 1.38 bits per heavy atom. The first-order valence-electron chi connectivity index (χ1n) is 6.56. The number of esters is 1. The first-order chi connectivity index (χ1) is 10.0. The summed E-state index contributed by atoms with van der Waals surface area (Å²) in [6.45, 7) is 2.27. The average molecular weight is 293 g/mol. The van der Waals surface area contributed by atoms with Crippen LogP contribution in [0.1, 0.15) is 23.8 Å². The van der Waals surface area contributed by atoms with Gasteiger partial charge in [0.15, 0.2) is 0 Å². The lowest BCUT2D eigenvalue weighted by Gasteiger charge is -2.14. The maximum atomic E-state index is 13.1. The van der Waals surface area contributed by atoms with Crippen LogP contribution in [0.2, 0.25) is 0 Å². The van der Waals surface area contributed by atoms with E-state index >= 15 is 0 Å². The van der Waals surface area contributed by atoms with Crippen molar-refractivity contribution in [2.45, 2.75) is 13.3 Å². The van der Waals surface area contributed by atoms with Crippen LogP contribution in [-0.4, -0.2) is 46.4 Å². The van der Waals surface area contributed by atoms with Crippen LogP contribution in [0.3, 0.4) is 0 Å². The Labute approximate surface area is 121 Å². The summed E-state index contributed by atoms with van der Waals surface area (Å²) in [4.78, 5) is 28.9. The van der Waals surface area contributed by atoms with Crippen LogP contribution >= 0.6 is 0 Å². The van der Waals surface area contributed by atoms with Gasteiger partial charge in [-0.2, -0.15) is 0 Å². The molecule has 1 amide bonds. The number of hydrogen-bond donors (Lipinski definition) is 0. The molecule has 7 heteroatoms. The number of rotatable bonds is 5. The monoisotopic (exact) mass is 293 g/mol. The van der Waals surface area contributed by atoms with Crippen LogP contribution in [0, 0.1) is 5.82 Å².